The van der Waals surface area contributed by atoms with Crippen LogP contribution in [0.15, 0.2) is 85.4 Å². The number of hydrogen-bond acceptors (Lipinski definition) is 9. The Morgan fingerprint density at radius 1 is 0.775 bits per heavy atom. The predicted molar refractivity (Wildman–Crippen MR) is 139 cm³/mol. The Hall–Kier alpha value is -4.00. The van der Waals surface area contributed by atoms with Gasteiger partial charge in [0, 0.05) is 60.7 Å². The van der Waals surface area contributed by atoms with Crippen LogP contribution in [0.5, 0.6) is 0 Å². The molecule has 4 aromatic heterocycles. The summed E-state index contributed by atoms with van der Waals surface area (Å²) < 4.78 is 48.0. The molecule has 5 rings (SSSR count). The number of H-pyrrole nitrogens is 4. The summed E-state index contributed by atoms with van der Waals surface area (Å²) in [6.07, 6.45) is 10.9. The molecule has 4 aromatic rings. The van der Waals surface area contributed by atoms with Gasteiger partial charge >= 0.3 is 13.8 Å². The lowest BCUT2D eigenvalue weighted by Crippen LogP contribution is -2.35. The first-order valence-electron chi connectivity index (χ1n) is 12.4. The van der Waals surface area contributed by atoms with Crippen molar-refractivity contribution in [3.8, 4) is 0 Å². The summed E-state index contributed by atoms with van der Waals surface area (Å²) >= 11 is 0. The van der Waals surface area contributed by atoms with Crippen molar-refractivity contribution in [3.63, 3.8) is 0 Å². The molecule has 0 saturated heterocycles. The van der Waals surface area contributed by atoms with Gasteiger partial charge in [-0.1, -0.05) is 0 Å². The normalized spacial score (nSPS) is 16.3. The minimum Gasteiger partial charge on any atom is -0.485 e. The average Bonchev–Trinajstić information content (AvgIpc) is 3.79. The fourth-order valence-corrected chi connectivity index (χ4v) is 5.16. The van der Waals surface area contributed by atoms with Crippen molar-refractivity contribution in [2.45, 2.75) is 38.6 Å². The van der Waals surface area contributed by atoms with Crippen molar-refractivity contribution < 1.29 is 42.2 Å². The summed E-state index contributed by atoms with van der Waals surface area (Å²) in [4.78, 5) is 24.5. The minimum atomic E-state index is -4.32. The topological polar surface area (TPSA) is 173 Å². The maximum atomic E-state index is 13.8. The van der Waals surface area contributed by atoms with E-state index in [4.69, 9.17) is 27.8 Å². The fraction of sp³-hybridized carbons (Fsp3) is 0.269. The van der Waals surface area contributed by atoms with E-state index in [9.17, 15) is 14.5 Å². The Balaban J connectivity index is 1.37. The second-order valence-corrected chi connectivity index (χ2v) is 10.4. The maximum absolute atomic E-state index is 13.8. The van der Waals surface area contributed by atoms with Crippen LogP contribution in [-0.4, -0.2) is 49.8 Å². The number of phosphoric acid groups is 1. The van der Waals surface area contributed by atoms with E-state index in [2.05, 4.69) is 19.9 Å². The number of aliphatic hydroxyl groups excluding tert-OH is 1. The van der Waals surface area contributed by atoms with Crippen LogP contribution in [0.2, 0.25) is 0 Å². The molecule has 0 fully saturated rings. The van der Waals surface area contributed by atoms with Crippen LogP contribution in [0, 0.1) is 0 Å². The Bertz CT molecular complexity index is 1360. The van der Waals surface area contributed by atoms with Gasteiger partial charge in [-0.25, -0.2) is 9.36 Å². The van der Waals surface area contributed by atoms with Crippen molar-refractivity contribution in [3.05, 3.63) is 108 Å². The molecule has 212 valence electrons. The molecule has 2 atom stereocenters. The number of aliphatic hydroxyl groups is 1. The van der Waals surface area contributed by atoms with Gasteiger partial charge in [-0.3, -0.25) is 13.6 Å². The molecule has 1 aliphatic rings. The van der Waals surface area contributed by atoms with Crippen LogP contribution >= 0.6 is 7.82 Å². The lowest BCUT2D eigenvalue weighted by molar-refractivity contribution is -0.148. The number of aromatic amines is 4. The Kier molecular flexibility index (Phi) is 8.89. The highest BCUT2D eigenvalue weighted by atomic mass is 31.2. The first-order chi connectivity index (χ1) is 19.5. The van der Waals surface area contributed by atoms with Crippen molar-refractivity contribution in [1.82, 2.24) is 19.9 Å². The van der Waals surface area contributed by atoms with Crippen molar-refractivity contribution in [1.29, 1.82) is 0 Å². The van der Waals surface area contributed by atoms with Crippen molar-refractivity contribution >= 4 is 13.8 Å². The third-order valence-electron chi connectivity index (χ3n) is 5.89. The van der Waals surface area contributed by atoms with E-state index in [1.54, 1.807) is 73.8 Å². The zero-order valence-corrected chi connectivity index (χ0v) is 22.2. The number of hydrogen-bond donors (Lipinski definition) is 5. The van der Waals surface area contributed by atoms with Gasteiger partial charge in [0.2, 0.25) is 5.76 Å². The van der Waals surface area contributed by atoms with Crippen LogP contribution in [-0.2, 0) is 63.6 Å². The molecule has 2 unspecified atom stereocenters. The summed E-state index contributed by atoms with van der Waals surface area (Å²) in [5.41, 5.74) is 2.95. The number of phosphoric ester groups is 1. The number of ether oxygens (including phenoxy) is 3. The monoisotopic (exact) mass is 572 g/mol. The molecular formula is C26H29N4O9P. The first-order valence-corrected chi connectivity index (χ1v) is 13.8. The molecule has 40 heavy (non-hydrogen) atoms. The molecule has 5 heterocycles. The Labute approximate surface area is 229 Å². The quantitative estimate of drug-likeness (QED) is 0.0989. The van der Waals surface area contributed by atoms with Crippen LogP contribution in [0.25, 0.3) is 0 Å². The lowest BCUT2D eigenvalue weighted by atomic mass is 10.2. The Morgan fingerprint density at radius 3 is 1.70 bits per heavy atom. The molecule has 5 N–H and O–H groups in total. The average molecular weight is 573 g/mol. The van der Waals surface area contributed by atoms with E-state index in [-0.39, 0.29) is 37.9 Å². The van der Waals surface area contributed by atoms with E-state index in [1.165, 1.54) is 0 Å². The van der Waals surface area contributed by atoms with Crippen LogP contribution < -0.4 is 0 Å². The number of carbonyl (C=O) groups is 1. The van der Waals surface area contributed by atoms with Crippen LogP contribution in [0.1, 0.15) is 22.3 Å². The van der Waals surface area contributed by atoms with Gasteiger partial charge < -0.3 is 39.3 Å². The first kappa shape index (κ1) is 27.6. The van der Waals surface area contributed by atoms with Gasteiger partial charge in [-0.05, 0) is 35.4 Å². The van der Waals surface area contributed by atoms with E-state index >= 15 is 0 Å². The molecular weight excluding hydrogens is 543 g/mol. The Morgan fingerprint density at radius 2 is 1.25 bits per heavy atom. The molecule has 0 amide bonds. The third kappa shape index (κ3) is 6.95. The predicted octanol–water partition coefficient (Wildman–Crippen LogP) is 3.79. The maximum Gasteiger partial charge on any atom is 0.475 e. The molecule has 1 aliphatic heterocycles. The van der Waals surface area contributed by atoms with Crippen molar-refractivity contribution in [2.24, 2.45) is 0 Å². The highest BCUT2D eigenvalue weighted by molar-refractivity contribution is 7.48. The largest absolute Gasteiger partial charge is 0.485 e. The van der Waals surface area contributed by atoms with E-state index in [1.807, 2.05) is 0 Å². The minimum absolute atomic E-state index is 0.0106. The summed E-state index contributed by atoms with van der Waals surface area (Å²) in [5, 5.41) is 10.3. The summed E-state index contributed by atoms with van der Waals surface area (Å²) in [7, 11) is -4.32. The molecule has 0 saturated carbocycles. The third-order valence-corrected chi connectivity index (χ3v) is 7.31. The zero-order chi connectivity index (χ0) is 27.8. The summed E-state index contributed by atoms with van der Waals surface area (Å²) in [6, 6.07) is 7.06. The molecule has 0 radical (unpaired) electrons. The second-order valence-electron chi connectivity index (χ2n) is 8.79. The molecule has 0 bridgehead atoms. The number of aromatic nitrogens is 4. The van der Waals surface area contributed by atoms with E-state index in [0.29, 0.717) is 11.1 Å². The fourth-order valence-electron chi connectivity index (χ4n) is 3.84. The van der Waals surface area contributed by atoms with E-state index in [0.717, 1.165) is 11.1 Å². The summed E-state index contributed by atoms with van der Waals surface area (Å²) in [6.45, 7) is -0.791. The number of esters is 1. The molecule has 0 aliphatic carbocycles. The van der Waals surface area contributed by atoms with E-state index < -0.39 is 32.6 Å². The molecule has 13 nitrogen and oxygen atoms in total. The smallest absolute Gasteiger partial charge is 0.475 e. The molecule has 14 heteroatoms. The van der Waals surface area contributed by atoms with Crippen LogP contribution in [0.3, 0.4) is 0 Å². The number of carbonyl (C=O) groups excluding carboxylic acids is 1. The van der Waals surface area contributed by atoms with Gasteiger partial charge in [-0.15, -0.1) is 0 Å². The number of nitrogens with one attached hydrogen (secondary N) is 4. The summed E-state index contributed by atoms with van der Waals surface area (Å²) in [5.74, 6) is -1.01. The molecule has 0 aromatic carbocycles. The number of rotatable bonds is 16. The lowest BCUT2D eigenvalue weighted by Gasteiger charge is -2.26. The van der Waals surface area contributed by atoms with Gasteiger partial charge in [0.25, 0.3) is 0 Å². The highest BCUT2D eigenvalue weighted by Gasteiger charge is 2.46. The van der Waals surface area contributed by atoms with Gasteiger partial charge in [0.15, 0.2) is 11.9 Å². The van der Waals surface area contributed by atoms with Crippen molar-refractivity contribution in [2.75, 3.05) is 6.61 Å². The zero-order valence-electron chi connectivity index (χ0n) is 21.3. The SMILES string of the molecule is O=C1OC(C(CO)OP(=O)(OCc2cc[nH]c2)OCc2cc[nH]c2)C(OCc2cc[nH]c2)=C1OCc1cc[nH]c1. The van der Waals surface area contributed by atoms with Crippen LogP contribution in [0.4, 0.5) is 0 Å². The second kappa shape index (κ2) is 12.9. The van der Waals surface area contributed by atoms with Gasteiger partial charge in [-0.2, -0.15) is 0 Å². The standard InChI is InChI=1S/C26H29N4O9P/c31-13-22(39-40(33,36-16-20-3-7-29-11-20)37-17-21-4-8-30-12-21)23-24(34-14-18-1-5-27-9-18)25(26(32)38-23)35-15-19-2-6-28-10-19/h1-12,22-23,27-31H,13-17H2. The van der Waals surface area contributed by atoms with Gasteiger partial charge in [0.1, 0.15) is 19.3 Å². The number of cyclic esters (lactones) is 1. The molecule has 0 spiro atoms. The van der Waals surface area contributed by atoms with Gasteiger partial charge in [0.05, 0.1) is 19.8 Å². The highest BCUT2D eigenvalue weighted by Crippen LogP contribution is 2.53.